The van der Waals surface area contributed by atoms with Crippen LogP contribution in [0, 0.1) is 6.92 Å². The van der Waals surface area contributed by atoms with E-state index in [9.17, 15) is 0 Å². The number of aromatic nitrogens is 4. The molecule has 0 amide bonds. The van der Waals surface area contributed by atoms with E-state index in [4.69, 9.17) is 5.73 Å². The SMILES string of the molecule is Cc1cc(NC(C)C(C)n2cccn2)nc(N)n1. The Labute approximate surface area is 106 Å². The number of nitrogen functional groups attached to an aromatic ring is 1. The van der Waals surface area contributed by atoms with Crippen LogP contribution in [0.3, 0.4) is 0 Å². The molecule has 0 aliphatic rings. The highest BCUT2D eigenvalue weighted by molar-refractivity contribution is 5.41. The van der Waals surface area contributed by atoms with Crippen molar-refractivity contribution in [3.63, 3.8) is 0 Å². The van der Waals surface area contributed by atoms with Crippen molar-refractivity contribution in [2.24, 2.45) is 0 Å². The average molecular weight is 246 g/mol. The standard InChI is InChI=1S/C12H18N6/c1-8-7-11(17-12(13)15-8)16-9(2)10(3)18-6-4-5-14-18/h4-7,9-10H,1-3H3,(H3,13,15,16,17). The summed E-state index contributed by atoms with van der Waals surface area (Å²) in [5.74, 6) is 1.03. The average Bonchev–Trinajstić information content (AvgIpc) is 2.79. The lowest BCUT2D eigenvalue weighted by Gasteiger charge is -2.22. The van der Waals surface area contributed by atoms with Crippen molar-refractivity contribution in [1.82, 2.24) is 19.7 Å². The molecule has 18 heavy (non-hydrogen) atoms. The Kier molecular flexibility index (Phi) is 3.45. The quantitative estimate of drug-likeness (QED) is 0.856. The van der Waals surface area contributed by atoms with Gasteiger partial charge in [-0.2, -0.15) is 10.1 Å². The molecule has 0 aliphatic heterocycles. The minimum absolute atomic E-state index is 0.179. The zero-order chi connectivity index (χ0) is 13.1. The van der Waals surface area contributed by atoms with E-state index in [1.165, 1.54) is 0 Å². The fraction of sp³-hybridized carbons (Fsp3) is 0.417. The Morgan fingerprint density at radius 2 is 2.11 bits per heavy atom. The minimum atomic E-state index is 0.179. The third-order valence-electron chi connectivity index (χ3n) is 2.91. The van der Waals surface area contributed by atoms with Crippen LogP contribution in [-0.2, 0) is 0 Å². The van der Waals surface area contributed by atoms with Crippen LogP contribution >= 0.6 is 0 Å². The van der Waals surface area contributed by atoms with Gasteiger partial charge in [-0.3, -0.25) is 4.68 Å². The molecule has 2 aromatic rings. The van der Waals surface area contributed by atoms with Gasteiger partial charge in [0.25, 0.3) is 0 Å². The van der Waals surface area contributed by atoms with Gasteiger partial charge in [0, 0.05) is 30.2 Å². The molecule has 2 rings (SSSR count). The molecule has 2 heterocycles. The Morgan fingerprint density at radius 3 is 2.72 bits per heavy atom. The molecule has 0 radical (unpaired) electrons. The van der Waals surface area contributed by atoms with Gasteiger partial charge >= 0.3 is 0 Å². The van der Waals surface area contributed by atoms with E-state index in [-0.39, 0.29) is 18.0 Å². The number of hydrogen-bond donors (Lipinski definition) is 2. The van der Waals surface area contributed by atoms with Gasteiger partial charge in [-0.25, -0.2) is 4.98 Å². The molecule has 0 aromatic carbocycles. The molecule has 6 nitrogen and oxygen atoms in total. The normalized spacial score (nSPS) is 14.2. The van der Waals surface area contributed by atoms with Gasteiger partial charge in [0.1, 0.15) is 5.82 Å². The van der Waals surface area contributed by atoms with Gasteiger partial charge in [0.15, 0.2) is 0 Å². The van der Waals surface area contributed by atoms with E-state index in [2.05, 4.69) is 34.2 Å². The molecule has 0 bridgehead atoms. The van der Waals surface area contributed by atoms with Gasteiger partial charge in [-0.15, -0.1) is 0 Å². The topological polar surface area (TPSA) is 81.7 Å². The van der Waals surface area contributed by atoms with E-state index in [1.807, 2.05) is 29.9 Å². The molecule has 3 N–H and O–H groups in total. The highest BCUT2D eigenvalue weighted by Crippen LogP contribution is 2.15. The second-order valence-corrected chi connectivity index (χ2v) is 4.41. The number of aryl methyl sites for hydroxylation is 1. The summed E-state index contributed by atoms with van der Waals surface area (Å²) >= 11 is 0. The van der Waals surface area contributed by atoms with Crippen LogP contribution in [0.2, 0.25) is 0 Å². The first-order valence-corrected chi connectivity index (χ1v) is 5.93. The van der Waals surface area contributed by atoms with Crippen molar-refractivity contribution >= 4 is 11.8 Å². The molecule has 0 saturated carbocycles. The summed E-state index contributed by atoms with van der Waals surface area (Å²) < 4.78 is 1.91. The summed E-state index contributed by atoms with van der Waals surface area (Å²) in [7, 11) is 0. The molecule has 2 aromatic heterocycles. The first-order chi connectivity index (χ1) is 8.56. The summed E-state index contributed by atoms with van der Waals surface area (Å²) in [6, 6.07) is 4.19. The van der Waals surface area contributed by atoms with E-state index in [0.29, 0.717) is 0 Å². The predicted molar refractivity (Wildman–Crippen MR) is 71.2 cm³/mol. The Hall–Kier alpha value is -2.11. The maximum Gasteiger partial charge on any atom is 0.222 e. The van der Waals surface area contributed by atoms with Crippen LogP contribution in [0.15, 0.2) is 24.5 Å². The Balaban J connectivity index is 2.09. The van der Waals surface area contributed by atoms with Crippen molar-refractivity contribution in [2.45, 2.75) is 32.9 Å². The number of hydrogen-bond acceptors (Lipinski definition) is 5. The van der Waals surface area contributed by atoms with Gasteiger partial charge in [-0.1, -0.05) is 0 Å². The lowest BCUT2D eigenvalue weighted by Crippen LogP contribution is -2.27. The second kappa shape index (κ2) is 5.03. The van der Waals surface area contributed by atoms with Crippen molar-refractivity contribution in [3.05, 3.63) is 30.2 Å². The second-order valence-electron chi connectivity index (χ2n) is 4.41. The first kappa shape index (κ1) is 12.3. The van der Waals surface area contributed by atoms with E-state index in [1.54, 1.807) is 6.20 Å². The number of nitrogens with zero attached hydrogens (tertiary/aromatic N) is 4. The largest absolute Gasteiger partial charge is 0.368 e. The molecule has 0 spiro atoms. The number of nitrogens with two attached hydrogens (primary N) is 1. The van der Waals surface area contributed by atoms with Gasteiger partial charge < -0.3 is 11.1 Å². The molecule has 2 atom stereocenters. The lowest BCUT2D eigenvalue weighted by molar-refractivity contribution is 0.443. The minimum Gasteiger partial charge on any atom is -0.368 e. The Morgan fingerprint density at radius 1 is 1.33 bits per heavy atom. The van der Waals surface area contributed by atoms with Crippen LogP contribution in [0.1, 0.15) is 25.6 Å². The van der Waals surface area contributed by atoms with Gasteiger partial charge in [0.05, 0.1) is 6.04 Å². The highest BCUT2D eigenvalue weighted by Gasteiger charge is 2.14. The summed E-state index contributed by atoms with van der Waals surface area (Å²) in [6.45, 7) is 6.08. The molecule has 6 heteroatoms. The fourth-order valence-corrected chi connectivity index (χ4v) is 1.77. The van der Waals surface area contributed by atoms with Gasteiger partial charge in [-0.05, 0) is 26.8 Å². The van der Waals surface area contributed by atoms with Crippen molar-refractivity contribution in [3.8, 4) is 0 Å². The summed E-state index contributed by atoms with van der Waals surface area (Å²) in [6.07, 6.45) is 3.72. The lowest BCUT2D eigenvalue weighted by atomic mass is 10.2. The summed E-state index contributed by atoms with van der Waals surface area (Å²) in [4.78, 5) is 8.21. The maximum absolute atomic E-state index is 5.63. The van der Waals surface area contributed by atoms with Crippen LogP contribution in [0.5, 0.6) is 0 Å². The van der Waals surface area contributed by atoms with Crippen LogP contribution in [0.4, 0.5) is 11.8 Å². The molecule has 0 fully saturated rings. The third-order valence-corrected chi connectivity index (χ3v) is 2.91. The van der Waals surface area contributed by atoms with Crippen molar-refractivity contribution in [1.29, 1.82) is 0 Å². The molecular formula is C12H18N6. The molecule has 0 saturated heterocycles. The van der Waals surface area contributed by atoms with Crippen molar-refractivity contribution in [2.75, 3.05) is 11.1 Å². The third kappa shape index (κ3) is 2.77. The van der Waals surface area contributed by atoms with Crippen LogP contribution in [0.25, 0.3) is 0 Å². The fourth-order valence-electron chi connectivity index (χ4n) is 1.77. The Bertz CT molecular complexity index is 487. The monoisotopic (exact) mass is 246 g/mol. The van der Waals surface area contributed by atoms with E-state index in [0.717, 1.165) is 11.5 Å². The summed E-state index contributed by atoms with van der Waals surface area (Å²) in [5, 5.41) is 7.55. The number of rotatable bonds is 4. The molecule has 96 valence electrons. The van der Waals surface area contributed by atoms with Gasteiger partial charge in [0.2, 0.25) is 5.95 Å². The zero-order valence-corrected chi connectivity index (χ0v) is 10.8. The number of nitrogens with one attached hydrogen (secondary N) is 1. The summed E-state index contributed by atoms with van der Waals surface area (Å²) in [5.41, 5.74) is 6.48. The zero-order valence-electron chi connectivity index (χ0n) is 10.8. The van der Waals surface area contributed by atoms with Crippen molar-refractivity contribution < 1.29 is 0 Å². The van der Waals surface area contributed by atoms with Crippen LogP contribution < -0.4 is 11.1 Å². The van der Waals surface area contributed by atoms with E-state index >= 15 is 0 Å². The number of anilines is 2. The molecular weight excluding hydrogens is 228 g/mol. The van der Waals surface area contributed by atoms with Crippen LogP contribution in [-0.4, -0.2) is 25.8 Å². The predicted octanol–water partition coefficient (Wildman–Crippen LogP) is 1.63. The smallest absolute Gasteiger partial charge is 0.222 e. The first-order valence-electron chi connectivity index (χ1n) is 5.93. The highest BCUT2D eigenvalue weighted by atomic mass is 15.3. The molecule has 2 unspecified atom stereocenters. The maximum atomic E-state index is 5.63. The van der Waals surface area contributed by atoms with E-state index < -0.39 is 0 Å². The molecule has 0 aliphatic carbocycles.